The first-order valence-electron chi connectivity index (χ1n) is 10.7. The van der Waals surface area contributed by atoms with Gasteiger partial charge in [0.15, 0.2) is 11.5 Å². The van der Waals surface area contributed by atoms with E-state index in [9.17, 15) is 14.7 Å². The number of likely N-dealkylation sites (tertiary alicyclic amines) is 1. The minimum atomic E-state index is -0.794. The lowest BCUT2D eigenvalue weighted by Crippen LogP contribution is -2.32. The van der Waals surface area contributed by atoms with Gasteiger partial charge in [0.25, 0.3) is 11.7 Å². The van der Waals surface area contributed by atoms with Gasteiger partial charge in [0, 0.05) is 19.2 Å². The van der Waals surface area contributed by atoms with E-state index in [4.69, 9.17) is 18.9 Å². The topological polar surface area (TPSA) is 94.5 Å². The zero-order valence-corrected chi connectivity index (χ0v) is 19.1. The molecule has 1 unspecified atom stereocenters. The number of hydrogen-bond donors (Lipinski definition) is 1. The summed E-state index contributed by atoms with van der Waals surface area (Å²) in [5, 5.41) is 11.3. The second kappa shape index (κ2) is 9.15. The van der Waals surface area contributed by atoms with E-state index in [-0.39, 0.29) is 24.5 Å². The number of aliphatic hydroxyl groups excluding tert-OH is 1. The third-order valence-electron chi connectivity index (χ3n) is 5.96. The number of carbonyl (C=O) groups excluding carboxylic acids is 2. The Morgan fingerprint density at radius 3 is 2.48 bits per heavy atom. The molecule has 8 heteroatoms. The Kier molecular flexibility index (Phi) is 6.29. The highest BCUT2D eigenvalue weighted by molar-refractivity contribution is 6.46. The van der Waals surface area contributed by atoms with Gasteiger partial charge >= 0.3 is 0 Å². The average molecular weight is 453 g/mol. The molecule has 8 nitrogen and oxygen atoms in total. The third-order valence-corrected chi connectivity index (χ3v) is 5.96. The van der Waals surface area contributed by atoms with Gasteiger partial charge in [-0.1, -0.05) is 6.07 Å². The van der Waals surface area contributed by atoms with Gasteiger partial charge in [0.05, 0.1) is 25.3 Å². The second-order valence-electron chi connectivity index (χ2n) is 8.03. The number of rotatable bonds is 6. The first-order chi connectivity index (χ1) is 15.9. The summed E-state index contributed by atoms with van der Waals surface area (Å²) in [5.74, 6) is 0.158. The van der Waals surface area contributed by atoms with Gasteiger partial charge in [-0.05, 0) is 54.8 Å². The molecule has 0 spiro atoms. The molecule has 0 radical (unpaired) electrons. The van der Waals surface area contributed by atoms with Crippen molar-refractivity contribution in [2.75, 3.05) is 40.6 Å². The van der Waals surface area contributed by atoms with E-state index in [1.807, 2.05) is 13.8 Å². The second-order valence-corrected chi connectivity index (χ2v) is 8.03. The Morgan fingerprint density at radius 1 is 1.06 bits per heavy atom. The predicted octanol–water partition coefficient (Wildman–Crippen LogP) is 3.15. The minimum absolute atomic E-state index is 0.0282. The quantitative estimate of drug-likeness (QED) is 0.408. The zero-order valence-electron chi connectivity index (χ0n) is 19.1. The van der Waals surface area contributed by atoms with Crippen LogP contribution in [-0.2, 0) is 14.3 Å². The molecule has 0 bridgehead atoms. The van der Waals surface area contributed by atoms with Gasteiger partial charge in [-0.2, -0.15) is 0 Å². The Labute approximate surface area is 192 Å². The van der Waals surface area contributed by atoms with E-state index in [0.29, 0.717) is 41.6 Å². The van der Waals surface area contributed by atoms with Gasteiger partial charge < -0.3 is 29.0 Å². The molecule has 1 N–H and O–H groups in total. The van der Waals surface area contributed by atoms with Gasteiger partial charge in [-0.25, -0.2) is 0 Å². The van der Waals surface area contributed by atoms with Crippen LogP contribution in [0.2, 0.25) is 0 Å². The number of ketones is 1. The average Bonchev–Trinajstić information content (AvgIpc) is 3.07. The van der Waals surface area contributed by atoms with E-state index in [1.165, 1.54) is 12.0 Å². The minimum Gasteiger partial charge on any atom is -0.507 e. The van der Waals surface area contributed by atoms with Crippen molar-refractivity contribution in [2.24, 2.45) is 0 Å². The van der Waals surface area contributed by atoms with Gasteiger partial charge in [-0.15, -0.1) is 0 Å². The van der Waals surface area contributed by atoms with Crippen LogP contribution in [0.4, 0.5) is 0 Å². The number of hydrogen-bond acceptors (Lipinski definition) is 7. The van der Waals surface area contributed by atoms with Crippen LogP contribution in [0.25, 0.3) is 5.76 Å². The molecule has 1 atom stereocenters. The summed E-state index contributed by atoms with van der Waals surface area (Å²) < 4.78 is 21.8. The summed E-state index contributed by atoms with van der Waals surface area (Å²) in [4.78, 5) is 27.6. The van der Waals surface area contributed by atoms with E-state index >= 15 is 0 Å². The molecular formula is C25H27NO7. The summed E-state index contributed by atoms with van der Waals surface area (Å²) in [6.45, 7) is 4.97. The lowest BCUT2D eigenvalue weighted by atomic mass is 9.93. The lowest BCUT2D eigenvalue weighted by molar-refractivity contribution is -0.140. The maximum absolute atomic E-state index is 13.2. The van der Waals surface area contributed by atoms with Crippen molar-refractivity contribution in [1.29, 1.82) is 0 Å². The van der Waals surface area contributed by atoms with Gasteiger partial charge in [-0.3, -0.25) is 9.59 Å². The number of Topliss-reactive ketones (excluding diaryl/α,β-unsaturated/α-hetero) is 1. The van der Waals surface area contributed by atoms with Crippen LogP contribution >= 0.6 is 0 Å². The number of aryl methyl sites for hydroxylation is 2. The van der Waals surface area contributed by atoms with Crippen molar-refractivity contribution in [2.45, 2.75) is 19.9 Å². The summed E-state index contributed by atoms with van der Waals surface area (Å²) in [7, 11) is 3.10. The largest absolute Gasteiger partial charge is 0.507 e. The van der Waals surface area contributed by atoms with Crippen molar-refractivity contribution >= 4 is 17.4 Å². The number of amides is 1. The third kappa shape index (κ3) is 4.02. The Bertz CT molecular complexity index is 1140. The van der Waals surface area contributed by atoms with Gasteiger partial charge in [0.2, 0.25) is 0 Å². The molecule has 0 aliphatic carbocycles. The summed E-state index contributed by atoms with van der Waals surface area (Å²) in [6.07, 6.45) is 0. The molecule has 33 heavy (non-hydrogen) atoms. The molecule has 0 aromatic heterocycles. The number of carbonyl (C=O) groups is 2. The van der Waals surface area contributed by atoms with Crippen molar-refractivity contribution in [3.8, 4) is 17.2 Å². The fourth-order valence-electron chi connectivity index (χ4n) is 4.29. The number of nitrogens with zero attached hydrogens (tertiary/aromatic N) is 1. The SMILES string of the molecule is COCCN1C(=O)C(=O)/C(=C(/O)c2cc(C)c(OC)cc2C)C1c1ccc2c(c1)OCCO2. The monoisotopic (exact) mass is 453 g/mol. The van der Waals surface area contributed by atoms with E-state index in [1.54, 1.807) is 37.4 Å². The molecule has 2 aliphatic heterocycles. The Hall–Kier alpha value is -3.52. The first-order valence-corrected chi connectivity index (χ1v) is 10.7. The number of ether oxygens (including phenoxy) is 4. The molecule has 2 aromatic carbocycles. The normalized spacial score (nSPS) is 19.2. The molecule has 4 rings (SSSR count). The molecule has 1 fully saturated rings. The van der Waals surface area contributed by atoms with E-state index in [0.717, 1.165) is 11.1 Å². The van der Waals surface area contributed by atoms with Gasteiger partial charge in [0.1, 0.15) is 24.7 Å². The van der Waals surface area contributed by atoms with Crippen LogP contribution in [0.5, 0.6) is 17.2 Å². The molecule has 2 aliphatic rings. The van der Waals surface area contributed by atoms with Crippen LogP contribution in [0.1, 0.15) is 28.3 Å². The predicted molar refractivity (Wildman–Crippen MR) is 121 cm³/mol. The fourth-order valence-corrected chi connectivity index (χ4v) is 4.29. The molecule has 1 amide bonds. The first kappa shape index (κ1) is 22.7. The van der Waals surface area contributed by atoms with Crippen LogP contribution in [0, 0.1) is 13.8 Å². The smallest absolute Gasteiger partial charge is 0.295 e. The summed E-state index contributed by atoms with van der Waals surface area (Å²) in [6, 6.07) is 8.05. The number of fused-ring (bicyclic) bond motifs is 1. The maximum atomic E-state index is 13.2. The van der Waals surface area contributed by atoms with Crippen LogP contribution in [0.15, 0.2) is 35.9 Å². The molecule has 1 saturated heterocycles. The molecular weight excluding hydrogens is 426 g/mol. The number of aliphatic hydroxyl groups is 1. The highest BCUT2D eigenvalue weighted by Gasteiger charge is 2.46. The summed E-state index contributed by atoms with van der Waals surface area (Å²) >= 11 is 0. The Morgan fingerprint density at radius 2 is 1.79 bits per heavy atom. The number of benzene rings is 2. The molecule has 2 heterocycles. The number of methoxy groups -OCH3 is 2. The van der Waals surface area contributed by atoms with Crippen molar-refractivity contribution < 1.29 is 33.6 Å². The Balaban J connectivity index is 1.88. The van der Waals surface area contributed by atoms with Crippen molar-refractivity contribution in [3.63, 3.8) is 0 Å². The van der Waals surface area contributed by atoms with Crippen LogP contribution in [0.3, 0.4) is 0 Å². The van der Waals surface area contributed by atoms with Crippen molar-refractivity contribution in [1.82, 2.24) is 4.90 Å². The zero-order chi connectivity index (χ0) is 23.7. The highest BCUT2D eigenvalue weighted by Crippen LogP contribution is 2.43. The molecule has 2 aromatic rings. The maximum Gasteiger partial charge on any atom is 0.295 e. The molecule has 174 valence electrons. The molecule has 0 saturated carbocycles. The fraction of sp³-hybridized carbons (Fsp3) is 0.360. The standard InChI is InChI=1S/C25H27NO7/c1-14-12-19(31-4)15(2)11-17(14)23(27)21-22(26(7-8-30-3)25(29)24(21)28)16-5-6-18-20(13-16)33-10-9-32-18/h5-6,11-13,22,27H,7-10H2,1-4H3/b23-21+. The van der Waals surface area contributed by atoms with Crippen LogP contribution < -0.4 is 14.2 Å². The van der Waals surface area contributed by atoms with E-state index < -0.39 is 17.7 Å². The summed E-state index contributed by atoms with van der Waals surface area (Å²) in [5.41, 5.74) is 2.66. The van der Waals surface area contributed by atoms with Crippen molar-refractivity contribution in [3.05, 3.63) is 58.2 Å². The lowest BCUT2D eigenvalue weighted by Gasteiger charge is -2.27. The van der Waals surface area contributed by atoms with Crippen LogP contribution in [-0.4, -0.2) is 62.3 Å². The highest BCUT2D eigenvalue weighted by atomic mass is 16.6. The van der Waals surface area contributed by atoms with E-state index in [2.05, 4.69) is 0 Å².